The van der Waals surface area contributed by atoms with Gasteiger partial charge in [0.1, 0.15) is 5.10 Å². The standard InChI is InChI=1S/C17H11ClN6/c1-19-21-17-23(11-12-7-3-2-4-8-12)22-16-15(18)20-13-9-5-6-10-14(13)24(16)17/h2-10H,11H2. The van der Waals surface area contributed by atoms with Crippen molar-refractivity contribution in [1.29, 1.82) is 0 Å². The van der Waals surface area contributed by atoms with Gasteiger partial charge in [-0.25, -0.2) is 9.67 Å². The van der Waals surface area contributed by atoms with E-state index in [2.05, 4.69) is 20.1 Å². The minimum absolute atomic E-state index is 0.280. The van der Waals surface area contributed by atoms with E-state index in [0.29, 0.717) is 17.8 Å². The van der Waals surface area contributed by atoms with Gasteiger partial charge in [-0.05, 0) is 17.7 Å². The van der Waals surface area contributed by atoms with Crippen LogP contribution in [0.1, 0.15) is 5.56 Å². The first-order valence-corrected chi connectivity index (χ1v) is 7.64. The average Bonchev–Trinajstić information content (AvgIpc) is 2.96. The van der Waals surface area contributed by atoms with Gasteiger partial charge in [-0.3, -0.25) is 4.40 Å². The molecule has 2 aromatic heterocycles. The predicted molar refractivity (Wildman–Crippen MR) is 91.2 cm³/mol. The maximum atomic E-state index is 7.15. The van der Waals surface area contributed by atoms with E-state index in [1.54, 1.807) is 9.08 Å². The van der Waals surface area contributed by atoms with Crippen molar-refractivity contribution in [3.8, 4) is 0 Å². The van der Waals surface area contributed by atoms with E-state index in [1.165, 1.54) is 0 Å². The largest absolute Gasteiger partial charge is 0.314 e. The van der Waals surface area contributed by atoms with Crippen LogP contribution in [0, 0.1) is 6.57 Å². The lowest BCUT2D eigenvalue weighted by Gasteiger charge is -2.01. The number of hydrogen-bond acceptors (Lipinski definition) is 3. The molecule has 7 heteroatoms. The second-order valence-electron chi connectivity index (χ2n) is 5.19. The molecule has 116 valence electrons. The fourth-order valence-corrected chi connectivity index (χ4v) is 2.89. The number of aromatic nitrogens is 4. The Hall–Kier alpha value is -3.17. The quantitative estimate of drug-likeness (QED) is 0.418. The zero-order chi connectivity index (χ0) is 16.5. The fourth-order valence-electron chi connectivity index (χ4n) is 2.68. The number of hydrogen-bond donors (Lipinski definition) is 0. The molecule has 0 saturated carbocycles. The van der Waals surface area contributed by atoms with Crippen molar-refractivity contribution < 1.29 is 0 Å². The van der Waals surface area contributed by atoms with E-state index < -0.39 is 0 Å². The van der Waals surface area contributed by atoms with Gasteiger partial charge in [0.05, 0.1) is 17.6 Å². The minimum atomic E-state index is 0.280. The average molecular weight is 335 g/mol. The SMILES string of the molecule is [C-]#[N+]N=c1n(Cc2ccccc2)nc2c(Cl)nc3ccccc3n12. The molecule has 2 heterocycles. The first-order chi connectivity index (χ1) is 11.8. The molecule has 0 atom stereocenters. The number of fused-ring (bicyclic) bond motifs is 3. The molecule has 0 fully saturated rings. The Morgan fingerprint density at radius 1 is 1.08 bits per heavy atom. The van der Waals surface area contributed by atoms with E-state index in [9.17, 15) is 0 Å². The van der Waals surface area contributed by atoms with Gasteiger partial charge in [-0.15, -0.1) is 10.1 Å². The normalized spacial score (nSPS) is 11.9. The van der Waals surface area contributed by atoms with Crippen molar-refractivity contribution in [2.75, 3.05) is 0 Å². The molecule has 0 aliphatic rings. The van der Waals surface area contributed by atoms with Crippen LogP contribution in [0.2, 0.25) is 5.15 Å². The Bertz CT molecular complexity index is 1150. The maximum Gasteiger partial charge on any atom is 0.314 e. The van der Waals surface area contributed by atoms with Crippen molar-refractivity contribution in [2.24, 2.45) is 5.10 Å². The van der Waals surface area contributed by atoms with Crippen LogP contribution in [0.4, 0.5) is 0 Å². The lowest BCUT2D eigenvalue weighted by atomic mass is 10.2. The van der Waals surface area contributed by atoms with Gasteiger partial charge in [0, 0.05) is 0 Å². The van der Waals surface area contributed by atoms with Crippen LogP contribution < -0.4 is 5.62 Å². The van der Waals surface area contributed by atoms with Crippen LogP contribution >= 0.6 is 11.6 Å². The van der Waals surface area contributed by atoms with Crippen LogP contribution in [0.15, 0.2) is 59.7 Å². The molecule has 0 aliphatic carbocycles. The predicted octanol–water partition coefficient (Wildman–Crippen LogP) is 3.12. The Morgan fingerprint density at radius 3 is 2.62 bits per heavy atom. The molecule has 0 amide bonds. The Kier molecular flexibility index (Phi) is 3.48. The van der Waals surface area contributed by atoms with Crippen LogP contribution in [0.5, 0.6) is 0 Å². The first kappa shape index (κ1) is 14.4. The van der Waals surface area contributed by atoms with E-state index in [4.69, 9.17) is 18.2 Å². The summed E-state index contributed by atoms with van der Waals surface area (Å²) in [6, 6.07) is 17.4. The molecular weight excluding hydrogens is 324 g/mol. The van der Waals surface area contributed by atoms with Gasteiger partial charge in [0.2, 0.25) is 0 Å². The van der Waals surface area contributed by atoms with Gasteiger partial charge in [0.15, 0.2) is 10.8 Å². The molecule has 2 aromatic carbocycles. The smallest absolute Gasteiger partial charge is 0.251 e. The second kappa shape index (κ2) is 5.80. The lowest BCUT2D eigenvalue weighted by molar-refractivity contribution is 0.645. The highest BCUT2D eigenvalue weighted by Gasteiger charge is 2.15. The molecule has 4 aromatic rings. The Morgan fingerprint density at radius 2 is 1.83 bits per heavy atom. The minimum Gasteiger partial charge on any atom is -0.251 e. The number of benzene rings is 2. The molecular formula is C17H11ClN6. The molecule has 0 unspecified atom stereocenters. The summed E-state index contributed by atoms with van der Waals surface area (Å²) >= 11 is 6.30. The number of rotatable bonds is 2. The Labute approximate surface area is 142 Å². The van der Waals surface area contributed by atoms with Crippen molar-refractivity contribution in [2.45, 2.75) is 6.54 Å². The van der Waals surface area contributed by atoms with E-state index >= 15 is 0 Å². The summed E-state index contributed by atoms with van der Waals surface area (Å²) in [6.45, 7) is 7.64. The summed E-state index contributed by atoms with van der Waals surface area (Å²) in [5.41, 5.74) is 3.48. The van der Waals surface area contributed by atoms with Gasteiger partial charge in [-0.2, -0.15) is 6.57 Å². The number of para-hydroxylation sites is 2. The van der Waals surface area contributed by atoms with Crippen LogP contribution in [-0.2, 0) is 6.54 Å². The highest BCUT2D eigenvalue weighted by Crippen LogP contribution is 2.18. The molecule has 0 radical (unpaired) electrons. The molecule has 4 rings (SSSR count). The summed E-state index contributed by atoms with van der Waals surface area (Å²) in [5, 5.41) is 8.75. The van der Waals surface area contributed by atoms with Crippen LogP contribution in [-0.4, -0.2) is 19.2 Å². The van der Waals surface area contributed by atoms with E-state index in [-0.39, 0.29) is 5.15 Å². The zero-order valence-corrected chi connectivity index (χ0v) is 13.2. The van der Waals surface area contributed by atoms with Crippen LogP contribution in [0.25, 0.3) is 21.6 Å². The summed E-state index contributed by atoms with van der Waals surface area (Å²) in [6.07, 6.45) is 0. The van der Waals surface area contributed by atoms with Crippen molar-refractivity contribution in [3.05, 3.63) is 82.5 Å². The maximum absolute atomic E-state index is 7.15. The highest BCUT2D eigenvalue weighted by molar-refractivity contribution is 6.32. The molecule has 0 bridgehead atoms. The van der Waals surface area contributed by atoms with Gasteiger partial charge < -0.3 is 0 Å². The van der Waals surface area contributed by atoms with Gasteiger partial charge >= 0.3 is 5.62 Å². The highest BCUT2D eigenvalue weighted by atomic mass is 35.5. The summed E-state index contributed by atoms with van der Waals surface area (Å²) in [7, 11) is 0. The Balaban J connectivity index is 2.07. The second-order valence-corrected chi connectivity index (χ2v) is 5.55. The topological polar surface area (TPSA) is 51.8 Å². The molecule has 0 aliphatic heterocycles. The summed E-state index contributed by atoms with van der Waals surface area (Å²) < 4.78 is 3.44. The third kappa shape index (κ3) is 2.32. The molecule has 24 heavy (non-hydrogen) atoms. The van der Waals surface area contributed by atoms with E-state index in [0.717, 1.165) is 16.6 Å². The fraction of sp³-hybridized carbons (Fsp3) is 0.0588. The van der Waals surface area contributed by atoms with Crippen molar-refractivity contribution in [3.63, 3.8) is 0 Å². The summed E-state index contributed by atoms with van der Waals surface area (Å²) in [5.74, 6) is 0. The third-order valence-corrected chi connectivity index (χ3v) is 3.95. The van der Waals surface area contributed by atoms with Crippen molar-refractivity contribution >= 4 is 28.3 Å². The third-order valence-electron chi connectivity index (χ3n) is 3.70. The van der Waals surface area contributed by atoms with E-state index in [1.807, 2.05) is 54.6 Å². The molecule has 0 N–H and O–H groups in total. The molecule has 6 nitrogen and oxygen atoms in total. The number of nitrogens with zero attached hydrogens (tertiary/aromatic N) is 6. The first-order valence-electron chi connectivity index (χ1n) is 7.26. The molecule has 0 saturated heterocycles. The monoisotopic (exact) mass is 334 g/mol. The lowest BCUT2D eigenvalue weighted by Crippen LogP contribution is -2.23. The number of halogens is 1. The van der Waals surface area contributed by atoms with Crippen molar-refractivity contribution in [1.82, 2.24) is 19.2 Å². The van der Waals surface area contributed by atoms with Gasteiger partial charge in [0.25, 0.3) is 0 Å². The summed E-state index contributed by atoms with van der Waals surface area (Å²) in [4.78, 5) is 7.57. The zero-order valence-electron chi connectivity index (χ0n) is 12.5. The molecule has 0 spiro atoms. The van der Waals surface area contributed by atoms with Crippen LogP contribution in [0.3, 0.4) is 0 Å². The van der Waals surface area contributed by atoms with Gasteiger partial charge in [-0.1, -0.05) is 54.1 Å².